The van der Waals surface area contributed by atoms with Gasteiger partial charge in [0.1, 0.15) is 0 Å². The second-order valence-corrected chi connectivity index (χ2v) is 6.34. The van der Waals surface area contributed by atoms with Crippen LogP contribution in [0.1, 0.15) is 32.9 Å². The fraction of sp³-hybridized carbons (Fsp3) is 0.500. The Bertz CT molecular complexity index is 414. The summed E-state index contributed by atoms with van der Waals surface area (Å²) >= 11 is 6.97. The van der Waals surface area contributed by atoms with E-state index in [2.05, 4.69) is 69.0 Å². The number of pyridine rings is 1. The van der Waals surface area contributed by atoms with Gasteiger partial charge >= 0.3 is 0 Å². The highest BCUT2D eigenvalue weighted by molar-refractivity contribution is 9.11. The summed E-state index contributed by atoms with van der Waals surface area (Å²) < 4.78 is 2.01. The van der Waals surface area contributed by atoms with Gasteiger partial charge in [0, 0.05) is 21.7 Å². The van der Waals surface area contributed by atoms with Gasteiger partial charge in [-0.25, -0.2) is 0 Å². The van der Waals surface area contributed by atoms with Crippen LogP contribution in [0, 0.1) is 5.92 Å². The van der Waals surface area contributed by atoms with E-state index in [1.807, 2.05) is 12.3 Å². The molecule has 100 valence electrons. The number of aromatic nitrogens is 1. The van der Waals surface area contributed by atoms with Crippen molar-refractivity contribution in [3.63, 3.8) is 0 Å². The minimum Gasteiger partial charge on any atom is -0.313 e. The van der Waals surface area contributed by atoms with E-state index in [0.29, 0.717) is 5.92 Å². The van der Waals surface area contributed by atoms with Crippen LogP contribution in [0.2, 0.25) is 0 Å². The number of hydrogen-bond acceptors (Lipinski definition) is 2. The molecular weight excluding hydrogens is 356 g/mol. The maximum absolute atomic E-state index is 4.43. The van der Waals surface area contributed by atoms with Crippen molar-refractivity contribution >= 4 is 37.9 Å². The Morgan fingerprint density at radius 3 is 2.72 bits per heavy atom. The second-order valence-electron chi connectivity index (χ2n) is 4.57. The van der Waals surface area contributed by atoms with Crippen LogP contribution >= 0.6 is 31.9 Å². The average Bonchev–Trinajstić information content (AvgIpc) is 2.30. The molecule has 1 rings (SSSR count). The van der Waals surface area contributed by atoms with E-state index in [1.165, 1.54) is 5.57 Å². The van der Waals surface area contributed by atoms with Gasteiger partial charge in [0.15, 0.2) is 0 Å². The maximum Gasteiger partial charge on any atom is 0.0772 e. The molecular formula is C14H20Br2N2. The molecule has 0 unspecified atom stereocenters. The molecule has 0 saturated heterocycles. The number of rotatable bonds is 6. The van der Waals surface area contributed by atoms with E-state index in [1.54, 1.807) is 0 Å². The molecule has 1 N–H and O–H groups in total. The minimum atomic E-state index is 0.520. The van der Waals surface area contributed by atoms with Crippen LogP contribution in [0.25, 0.3) is 6.08 Å². The third kappa shape index (κ3) is 5.21. The SMILES string of the molecule is CCCNCC(=Cc1ncc(Br)cc1Br)C(C)C. The molecule has 1 aromatic rings. The minimum absolute atomic E-state index is 0.520. The molecule has 0 amide bonds. The lowest BCUT2D eigenvalue weighted by Crippen LogP contribution is -2.20. The predicted molar refractivity (Wildman–Crippen MR) is 85.6 cm³/mol. The van der Waals surface area contributed by atoms with E-state index >= 15 is 0 Å². The van der Waals surface area contributed by atoms with E-state index in [0.717, 1.165) is 34.1 Å². The lowest BCUT2D eigenvalue weighted by atomic mass is 10.0. The molecule has 0 spiro atoms. The van der Waals surface area contributed by atoms with E-state index in [4.69, 9.17) is 0 Å². The van der Waals surface area contributed by atoms with Crippen molar-refractivity contribution in [2.75, 3.05) is 13.1 Å². The molecule has 0 radical (unpaired) electrons. The molecule has 1 heterocycles. The Balaban J connectivity index is 2.86. The van der Waals surface area contributed by atoms with Crippen LogP contribution in [-0.2, 0) is 0 Å². The Morgan fingerprint density at radius 1 is 1.44 bits per heavy atom. The first-order valence-corrected chi connectivity index (χ1v) is 7.85. The largest absolute Gasteiger partial charge is 0.313 e. The van der Waals surface area contributed by atoms with E-state index < -0.39 is 0 Å². The normalized spacial score (nSPS) is 12.2. The third-order valence-corrected chi connectivity index (χ3v) is 3.72. The second kappa shape index (κ2) is 8.08. The van der Waals surface area contributed by atoms with Crippen molar-refractivity contribution in [2.24, 2.45) is 5.92 Å². The number of hydrogen-bond donors (Lipinski definition) is 1. The van der Waals surface area contributed by atoms with Gasteiger partial charge in [0.2, 0.25) is 0 Å². The number of nitrogens with zero attached hydrogens (tertiary/aromatic N) is 1. The molecule has 18 heavy (non-hydrogen) atoms. The Hall–Kier alpha value is -0.190. The van der Waals surface area contributed by atoms with Gasteiger partial charge in [-0.3, -0.25) is 4.98 Å². The van der Waals surface area contributed by atoms with Crippen molar-refractivity contribution in [1.82, 2.24) is 10.3 Å². The van der Waals surface area contributed by atoms with Crippen LogP contribution in [0.4, 0.5) is 0 Å². The first kappa shape index (κ1) is 15.9. The summed E-state index contributed by atoms with van der Waals surface area (Å²) in [6.45, 7) is 8.59. The topological polar surface area (TPSA) is 24.9 Å². The van der Waals surface area contributed by atoms with E-state index in [9.17, 15) is 0 Å². The fourth-order valence-electron chi connectivity index (χ4n) is 1.54. The summed E-state index contributed by atoms with van der Waals surface area (Å²) in [7, 11) is 0. The quantitative estimate of drug-likeness (QED) is 0.732. The summed E-state index contributed by atoms with van der Waals surface area (Å²) in [5.74, 6) is 0.520. The molecule has 0 bridgehead atoms. The van der Waals surface area contributed by atoms with Gasteiger partial charge in [0.05, 0.1) is 5.69 Å². The standard InChI is InChI=1S/C14H20Br2N2/c1-4-5-17-8-11(10(2)3)6-14-13(16)7-12(15)9-18-14/h6-7,9-10,17H,4-5,8H2,1-3H3. The highest BCUT2D eigenvalue weighted by atomic mass is 79.9. The summed E-state index contributed by atoms with van der Waals surface area (Å²) in [4.78, 5) is 4.43. The summed E-state index contributed by atoms with van der Waals surface area (Å²) in [6.07, 6.45) is 5.16. The molecule has 0 aromatic carbocycles. The smallest absolute Gasteiger partial charge is 0.0772 e. The molecule has 1 aromatic heterocycles. The van der Waals surface area contributed by atoms with Gasteiger partial charge in [0.25, 0.3) is 0 Å². The molecule has 2 nitrogen and oxygen atoms in total. The molecule has 0 atom stereocenters. The zero-order chi connectivity index (χ0) is 13.5. The van der Waals surface area contributed by atoms with Crippen molar-refractivity contribution in [3.8, 4) is 0 Å². The first-order valence-electron chi connectivity index (χ1n) is 6.26. The van der Waals surface area contributed by atoms with Gasteiger partial charge in [-0.15, -0.1) is 0 Å². The molecule has 0 fully saturated rings. The van der Waals surface area contributed by atoms with Crippen molar-refractivity contribution < 1.29 is 0 Å². The number of nitrogens with one attached hydrogen (secondary N) is 1. The van der Waals surface area contributed by atoms with E-state index in [-0.39, 0.29) is 0 Å². The van der Waals surface area contributed by atoms with Gasteiger partial charge in [-0.05, 0) is 62.9 Å². The average molecular weight is 376 g/mol. The van der Waals surface area contributed by atoms with Crippen molar-refractivity contribution in [2.45, 2.75) is 27.2 Å². The van der Waals surface area contributed by atoms with Gasteiger partial charge < -0.3 is 5.32 Å². The first-order chi connectivity index (χ1) is 8.54. The number of halogens is 2. The van der Waals surface area contributed by atoms with Crippen LogP contribution in [0.5, 0.6) is 0 Å². The van der Waals surface area contributed by atoms with Crippen LogP contribution < -0.4 is 5.32 Å². The van der Waals surface area contributed by atoms with Crippen LogP contribution in [-0.4, -0.2) is 18.1 Å². The monoisotopic (exact) mass is 374 g/mol. The highest BCUT2D eigenvalue weighted by Crippen LogP contribution is 2.23. The van der Waals surface area contributed by atoms with Crippen LogP contribution in [0.15, 0.2) is 26.8 Å². The lowest BCUT2D eigenvalue weighted by molar-refractivity contribution is 0.656. The Labute approximate surface area is 127 Å². The highest BCUT2D eigenvalue weighted by Gasteiger charge is 2.06. The summed E-state index contributed by atoms with van der Waals surface area (Å²) in [5, 5.41) is 3.45. The van der Waals surface area contributed by atoms with Gasteiger partial charge in [-0.2, -0.15) is 0 Å². The van der Waals surface area contributed by atoms with Crippen LogP contribution in [0.3, 0.4) is 0 Å². The molecule has 4 heteroatoms. The van der Waals surface area contributed by atoms with Crippen molar-refractivity contribution in [1.29, 1.82) is 0 Å². The summed E-state index contributed by atoms with van der Waals surface area (Å²) in [5.41, 5.74) is 2.36. The summed E-state index contributed by atoms with van der Waals surface area (Å²) in [6, 6.07) is 2.02. The Morgan fingerprint density at radius 2 is 2.17 bits per heavy atom. The fourth-order valence-corrected chi connectivity index (χ4v) is 2.64. The zero-order valence-electron chi connectivity index (χ0n) is 11.1. The van der Waals surface area contributed by atoms with Gasteiger partial charge in [-0.1, -0.05) is 26.3 Å². The molecule has 0 aliphatic heterocycles. The van der Waals surface area contributed by atoms with Crippen molar-refractivity contribution in [3.05, 3.63) is 32.5 Å². The molecule has 0 aliphatic rings. The predicted octanol–water partition coefficient (Wildman–Crippen LogP) is 4.65. The maximum atomic E-state index is 4.43. The lowest BCUT2D eigenvalue weighted by Gasteiger charge is -2.13. The zero-order valence-corrected chi connectivity index (χ0v) is 14.3. The third-order valence-electron chi connectivity index (χ3n) is 2.66. The molecule has 0 saturated carbocycles. The Kier molecular flexibility index (Phi) is 7.12. The molecule has 0 aliphatic carbocycles.